The highest BCUT2D eigenvalue weighted by Crippen LogP contribution is 2.30. The Balaban J connectivity index is 0.000000416. The summed E-state index contributed by atoms with van der Waals surface area (Å²) in [6.07, 6.45) is 0.227. The van der Waals surface area contributed by atoms with Crippen LogP contribution in [0.3, 0.4) is 0 Å². The molecule has 1 aliphatic rings. The SMILES string of the molecule is O=C(O)C(O)C(O)C(=O)O.[O-][S+](C1=CCN(CCCC(c2ccc(F)cc2)c2ccc(F)cc2)CC1)c1ccccc1. The Labute approximate surface area is 245 Å². The summed E-state index contributed by atoms with van der Waals surface area (Å²) in [5.74, 6) is -3.95. The molecule has 0 aromatic heterocycles. The van der Waals surface area contributed by atoms with Crippen LogP contribution in [-0.2, 0) is 20.8 Å². The highest BCUT2D eigenvalue weighted by Gasteiger charge is 2.29. The van der Waals surface area contributed by atoms with Crippen molar-refractivity contribution in [2.45, 2.75) is 42.3 Å². The van der Waals surface area contributed by atoms with Crippen LogP contribution < -0.4 is 0 Å². The number of nitrogens with zero attached hydrogens (tertiary/aromatic N) is 1. The van der Waals surface area contributed by atoms with Gasteiger partial charge in [-0.25, -0.2) is 18.4 Å². The molecule has 8 nitrogen and oxygen atoms in total. The second-order valence-electron chi connectivity index (χ2n) is 9.67. The molecule has 3 aromatic rings. The summed E-state index contributed by atoms with van der Waals surface area (Å²) in [6, 6.07) is 22.8. The first-order chi connectivity index (χ1) is 20.1. The van der Waals surface area contributed by atoms with E-state index in [2.05, 4.69) is 11.0 Å². The number of rotatable bonds is 11. The first kappa shape index (κ1) is 32.9. The van der Waals surface area contributed by atoms with Crippen LogP contribution in [0.4, 0.5) is 8.78 Å². The van der Waals surface area contributed by atoms with E-state index in [1.807, 2.05) is 54.6 Å². The van der Waals surface area contributed by atoms with Gasteiger partial charge < -0.3 is 25.0 Å². The fourth-order valence-electron chi connectivity index (χ4n) is 4.46. The molecule has 0 bridgehead atoms. The Morgan fingerprint density at radius 2 is 1.33 bits per heavy atom. The maximum Gasteiger partial charge on any atom is 0.335 e. The van der Waals surface area contributed by atoms with Gasteiger partial charge in [-0.1, -0.05) is 42.5 Å². The molecule has 0 radical (unpaired) electrons. The van der Waals surface area contributed by atoms with Gasteiger partial charge in [0.1, 0.15) is 16.5 Å². The number of carbonyl (C=O) groups is 2. The Morgan fingerprint density at radius 1 is 0.833 bits per heavy atom. The van der Waals surface area contributed by atoms with Gasteiger partial charge in [-0.2, -0.15) is 0 Å². The zero-order valence-electron chi connectivity index (χ0n) is 22.7. The topological polar surface area (TPSA) is 141 Å². The van der Waals surface area contributed by atoms with Crippen molar-refractivity contribution in [1.82, 2.24) is 4.90 Å². The molecule has 11 heteroatoms. The van der Waals surface area contributed by atoms with Crippen molar-refractivity contribution >= 4 is 23.1 Å². The van der Waals surface area contributed by atoms with E-state index in [4.69, 9.17) is 20.4 Å². The largest absolute Gasteiger partial charge is 0.607 e. The third-order valence-corrected chi connectivity index (χ3v) is 8.31. The van der Waals surface area contributed by atoms with Gasteiger partial charge in [0.05, 0.1) is 0 Å². The molecule has 3 atom stereocenters. The molecule has 0 aliphatic carbocycles. The van der Waals surface area contributed by atoms with E-state index in [-0.39, 0.29) is 17.6 Å². The summed E-state index contributed by atoms with van der Waals surface area (Å²) >= 11 is -1.08. The predicted octanol–water partition coefficient (Wildman–Crippen LogP) is 4.15. The van der Waals surface area contributed by atoms with Crippen molar-refractivity contribution in [2.75, 3.05) is 19.6 Å². The number of carboxylic acids is 2. The Kier molecular flexibility index (Phi) is 12.6. The Bertz CT molecular complexity index is 1260. The molecule has 0 fully saturated rings. The van der Waals surface area contributed by atoms with Crippen molar-refractivity contribution in [3.05, 3.63) is 113 Å². The molecule has 1 aliphatic heterocycles. The fourth-order valence-corrected chi connectivity index (χ4v) is 5.67. The van der Waals surface area contributed by atoms with Crippen LogP contribution in [0, 0.1) is 11.6 Å². The maximum absolute atomic E-state index is 13.4. The van der Waals surface area contributed by atoms with Crippen molar-refractivity contribution < 1.29 is 43.3 Å². The van der Waals surface area contributed by atoms with Crippen LogP contribution in [-0.4, -0.2) is 73.7 Å². The lowest BCUT2D eigenvalue weighted by Crippen LogP contribution is -2.39. The van der Waals surface area contributed by atoms with Gasteiger partial charge in [0.25, 0.3) is 0 Å². The maximum atomic E-state index is 13.4. The van der Waals surface area contributed by atoms with Gasteiger partial charge in [0.15, 0.2) is 17.1 Å². The second kappa shape index (κ2) is 16.1. The number of aliphatic carboxylic acids is 2. The van der Waals surface area contributed by atoms with Gasteiger partial charge >= 0.3 is 11.9 Å². The zero-order valence-corrected chi connectivity index (χ0v) is 23.5. The number of hydrogen-bond donors (Lipinski definition) is 4. The van der Waals surface area contributed by atoms with Gasteiger partial charge in [-0.05, 0) is 73.0 Å². The summed E-state index contributed by atoms with van der Waals surface area (Å²) in [4.78, 5) is 23.8. The molecule has 4 N–H and O–H groups in total. The minimum absolute atomic E-state index is 0.0951. The molecule has 3 unspecified atom stereocenters. The van der Waals surface area contributed by atoms with E-state index in [0.29, 0.717) is 0 Å². The standard InChI is InChI=1S/C27H27F2NOS.C4H6O6/c28-23-12-8-21(9-13-23)27(22-10-14-24(29)15-11-22)7-4-18-30-19-16-26(17-20-30)32(31)25-5-2-1-3-6-25;5-1(3(7)8)2(6)4(9)10/h1-3,5-6,8-16,27H,4,7,17-20H2;1-2,5-6H,(H,7,8)(H,9,10). The molecular formula is C31H33F2NO7S. The summed E-state index contributed by atoms with van der Waals surface area (Å²) in [5.41, 5.74) is 2.08. The van der Waals surface area contributed by atoms with Crippen molar-refractivity contribution in [1.29, 1.82) is 0 Å². The van der Waals surface area contributed by atoms with Gasteiger partial charge in [0, 0.05) is 36.6 Å². The van der Waals surface area contributed by atoms with Gasteiger partial charge in [-0.3, -0.25) is 4.90 Å². The second-order valence-corrected chi connectivity index (χ2v) is 11.2. The molecule has 0 saturated carbocycles. The number of aliphatic hydroxyl groups is 2. The molecule has 0 amide bonds. The summed E-state index contributed by atoms with van der Waals surface area (Å²) in [6.45, 7) is 2.62. The third kappa shape index (κ3) is 9.74. The molecule has 224 valence electrons. The van der Waals surface area contributed by atoms with E-state index < -0.39 is 35.3 Å². The summed E-state index contributed by atoms with van der Waals surface area (Å²) < 4.78 is 39.6. The third-order valence-electron chi connectivity index (χ3n) is 6.76. The van der Waals surface area contributed by atoms with Crippen LogP contribution in [0.15, 0.2) is 94.7 Å². The smallest absolute Gasteiger partial charge is 0.335 e. The molecule has 42 heavy (non-hydrogen) atoms. The summed E-state index contributed by atoms with van der Waals surface area (Å²) in [5, 5.41) is 32.5. The van der Waals surface area contributed by atoms with E-state index in [1.165, 1.54) is 24.3 Å². The number of benzene rings is 3. The number of halogens is 2. The first-order valence-electron chi connectivity index (χ1n) is 13.3. The minimum Gasteiger partial charge on any atom is -0.607 e. The molecular weight excluding hydrogens is 568 g/mol. The lowest BCUT2D eigenvalue weighted by Gasteiger charge is -2.27. The highest BCUT2D eigenvalue weighted by atomic mass is 32.2. The predicted molar refractivity (Wildman–Crippen MR) is 153 cm³/mol. The Morgan fingerprint density at radius 3 is 1.76 bits per heavy atom. The number of hydrogen-bond acceptors (Lipinski definition) is 6. The van der Waals surface area contributed by atoms with Crippen LogP contribution in [0.1, 0.15) is 36.3 Å². The molecule has 4 rings (SSSR count). The monoisotopic (exact) mass is 601 g/mol. The summed E-state index contributed by atoms with van der Waals surface area (Å²) in [7, 11) is 0. The fraction of sp³-hybridized carbons (Fsp3) is 0.290. The molecule has 0 spiro atoms. The van der Waals surface area contributed by atoms with Gasteiger partial charge in [-0.15, -0.1) is 0 Å². The average Bonchev–Trinajstić information content (AvgIpc) is 3.00. The normalized spacial score (nSPS) is 15.6. The van der Waals surface area contributed by atoms with Crippen LogP contribution in [0.5, 0.6) is 0 Å². The zero-order chi connectivity index (χ0) is 30.6. The van der Waals surface area contributed by atoms with E-state index in [0.717, 1.165) is 59.8 Å². The minimum atomic E-state index is -2.27. The van der Waals surface area contributed by atoms with Crippen LogP contribution >= 0.6 is 0 Å². The number of carboxylic acid groups (broad SMARTS) is 2. The molecule has 0 saturated heterocycles. The van der Waals surface area contributed by atoms with E-state index >= 15 is 0 Å². The lowest BCUT2D eigenvalue weighted by atomic mass is 9.87. The average molecular weight is 602 g/mol. The Hall–Kier alpha value is -3.61. The van der Waals surface area contributed by atoms with E-state index in [9.17, 15) is 22.9 Å². The lowest BCUT2D eigenvalue weighted by molar-refractivity contribution is -0.165. The van der Waals surface area contributed by atoms with E-state index in [1.54, 1.807) is 0 Å². The van der Waals surface area contributed by atoms with Crippen molar-refractivity contribution in [2.24, 2.45) is 0 Å². The van der Waals surface area contributed by atoms with Crippen LogP contribution in [0.25, 0.3) is 0 Å². The van der Waals surface area contributed by atoms with Crippen LogP contribution in [0.2, 0.25) is 0 Å². The number of aliphatic hydroxyl groups excluding tert-OH is 2. The first-order valence-corrected chi connectivity index (χ1v) is 14.4. The quantitative estimate of drug-likeness (QED) is 0.240. The molecule has 1 heterocycles. The van der Waals surface area contributed by atoms with Crippen molar-refractivity contribution in [3.63, 3.8) is 0 Å². The molecule has 3 aromatic carbocycles. The van der Waals surface area contributed by atoms with Gasteiger partial charge in [0.2, 0.25) is 0 Å². The highest BCUT2D eigenvalue weighted by molar-refractivity contribution is 7.95. The van der Waals surface area contributed by atoms with Crippen molar-refractivity contribution in [3.8, 4) is 0 Å².